The molecule has 2 saturated carbocycles. The first-order valence-corrected chi connectivity index (χ1v) is 7.76. The van der Waals surface area contributed by atoms with E-state index in [0.29, 0.717) is 25.2 Å². The van der Waals surface area contributed by atoms with Crippen LogP contribution >= 0.6 is 0 Å². The van der Waals surface area contributed by atoms with Crippen LogP contribution in [-0.2, 0) is 4.79 Å². The Balaban J connectivity index is 1.76. The van der Waals surface area contributed by atoms with E-state index in [1.807, 2.05) is 0 Å². The Kier molecular flexibility index (Phi) is 4.29. The van der Waals surface area contributed by atoms with Crippen molar-refractivity contribution >= 4 is 5.91 Å². The molecule has 0 aromatic heterocycles. The number of hydrogen-bond donors (Lipinski definition) is 2. The zero-order valence-electron chi connectivity index (χ0n) is 13.1. The van der Waals surface area contributed by atoms with Crippen LogP contribution in [0.15, 0.2) is 0 Å². The number of carbonyl (C=O) groups excluding carboxylic acids is 1. The molecule has 0 aromatic carbocycles. The van der Waals surface area contributed by atoms with E-state index in [2.05, 4.69) is 26.1 Å². The summed E-state index contributed by atoms with van der Waals surface area (Å²) in [5.74, 6) is -0.201. The number of rotatable bonds is 4. The van der Waals surface area contributed by atoms with Gasteiger partial charge in [0.25, 0.3) is 0 Å². The van der Waals surface area contributed by atoms with Crippen molar-refractivity contribution in [3.05, 3.63) is 10.1 Å². The van der Waals surface area contributed by atoms with Gasteiger partial charge in [-0.3, -0.25) is 14.9 Å². The van der Waals surface area contributed by atoms with E-state index >= 15 is 0 Å². The smallest absolute Gasteiger partial charge is 0.230 e. The number of aliphatic hydroxyl groups is 1. The first-order chi connectivity index (χ1) is 9.62. The monoisotopic (exact) mass is 298 g/mol. The Morgan fingerprint density at radius 2 is 1.95 bits per heavy atom. The van der Waals surface area contributed by atoms with Crippen LogP contribution < -0.4 is 5.32 Å². The summed E-state index contributed by atoms with van der Waals surface area (Å²) < 4.78 is 0. The zero-order valence-corrected chi connectivity index (χ0v) is 13.1. The van der Waals surface area contributed by atoms with Crippen molar-refractivity contribution in [3.63, 3.8) is 0 Å². The molecule has 1 amide bonds. The molecular formula is C15H26N2O4. The molecule has 0 spiro atoms. The summed E-state index contributed by atoms with van der Waals surface area (Å²) in [7, 11) is 0. The van der Waals surface area contributed by atoms with Gasteiger partial charge in [0, 0.05) is 17.9 Å². The van der Waals surface area contributed by atoms with E-state index in [-0.39, 0.29) is 17.9 Å². The molecule has 6 heteroatoms. The Hall–Kier alpha value is -1.17. The van der Waals surface area contributed by atoms with Gasteiger partial charge in [0.2, 0.25) is 11.9 Å². The van der Waals surface area contributed by atoms with Crippen molar-refractivity contribution in [2.24, 2.45) is 17.3 Å². The molecule has 0 radical (unpaired) electrons. The summed E-state index contributed by atoms with van der Waals surface area (Å²) in [6.07, 6.45) is 3.59. The maximum Gasteiger partial charge on any atom is 0.230 e. The average molecular weight is 298 g/mol. The molecule has 2 fully saturated rings. The van der Waals surface area contributed by atoms with Gasteiger partial charge in [-0.1, -0.05) is 20.8 Å². The van der Waals surface area contributed by atoms with Gasteiger partial charge in [0.05, 0.1) is 5.60 Å². The number of hydrogen-bond acceptors (Lipinski definition) is 4. The van der Waals surface area contributed by atoms with Gasteiger partial charge < -0.3 is 10.4 Å². The van der Waals surface area contributed by atoms with Crippen LogP contribution in [0.5, 0.6) is 0 Å². The normalized spacial score (nSPS) is 36.1. The van der Waals surface area contributed by atoms with E-state index in [9.17, 15) is 20.0 Å². The summed E-state index contributed by atoms with van der Waals surface area (Å²) in [5, 5.41) is 23.8. The first-order valence-electron chi connectivity index (χ1n) is 7.76. The van der Waals surface area contributed by atoms with E-state index in [4.69, 9.17) is 0 Å². The third kappa shape index (κ3) is 3.93. The Labute approximate surface area is 125 Å². The van der Waals surface area contributed by atoms with Crippen LogP contribution in [0.2, 0.25) is 0 Å². The molecule has 120 valence electrons. The minimum atomic E-state index is -0.851. The largest absolute Gasteiger partial charge is 0.388 e. The SMILES string of the molecule is CC(C)(C)C1CCC(O)(CNC(=O)C2CC2[N+](=O)[O-])CC1. The maximum atomic E-state index is 11.8. The maximum absolute atomic E-state index is 11.8. The molecular weight excluding hydrogens is 272 g/mol. The molecule has 0 saturated heterocycles. The molecule has 0 bridgehead atoms. The summed E-state index contributed by atoms with van der Waals surface area (Å²) in [6.45, 7) is 6.86. The van der Waals surface area contributed by atoms with Crippen molar-refractivity contribution in [1.82, 2.24) is 5.32 Å². The summed E-state index contributed by atoms with van der Waals surface area (Å²) in [6, 6.07) is -0.726. The molecule has 0 aromatic rings. The highest BCUT2D eigenvalue weighted by Crippen LogP contribution is 2.41. The van der Waals surface area contributed by atoms with Gasteiger partial charge in [-0.2, -0.15) is 0 Å². The predicted octanol–water partition coefficient (Wildman–Crippen LogP) is 1.74. The quantitative estimate of drug-likeness (QED) is 0.610. The molecule has 2 aliphatic carbocycles. The predicted molar refractivity (Wildman–Crippen MR) is 78.3 cm³/mol. The minimum Gasteiger partial charge on any atom is -0.388 e. The number of nitrogens with zero attached hydrogens (tertiary/aromatic N) is 1. The third-order valence-corrected chi connectivity index (χ3v) is 5.10. The molecule has 0 aliphatic heterocycles. The lowest BCUT2D eigenvalue weighted by Gasteiger charge is -2.41. The van der Waals surface area contributed by atoms with Gasteiger partial charge >= 0.3 is 0 Å². The number of amides is 1. The van der Waals surface area contributed by atoms with Crippen molar-refractivity contribution in [3.8, 4) is 0 Å². The molecule has 2 N–H and O–H groups in total. The van der Waals surface area contributed by atoms with Crippen LogP contribution in [0.4, 0.5) is 0 Å². The lowest BCUT2D eigenvalue weighted by atomic mass is 9.68. The van der Waals surface area contributed by atoms with Gasteiger partial charge in [-0.05, 0) is 37.0 Å². The molecule has 2 unspecified atom stereocenters. The standard InChI is InChI=1S/C15H26N2O4/c1-14(2,3)10-4-6-15(19,7-5-10)9-16-13(18)11-8-12(11)17(20)21/h10-12,19H,4-9H2,1-3H3,(H,16,18). The second kappa shape index (κ2) is 5.55. The summed E-state index contributed by atoms with van der Waals surface area (Å²) in [5.41, 5.74) is -0.603. The number of nitro groups is 1. The summed E-state index contributed by atoms with van der Waals surface area (Å²) >= 11 is 0. The van der Waals surface area contributed by atoms with Gasteiger partial charge in [-0.25, -0.2) is 0 Å². The Bertz CT molecular complexity index is 422. The molecule has 21 heavy (non-hydrogen) atoms. The van der Waals surface area contributed by atoms with Crippen LogP contribution in [0.3, 0.4) is 0 Å². The van der Waals surface area contributed by atoms with E-state index in [1.165, 1.54) is 0 Å². The van der Waals surface area contributed by atoms with Gasteiger partial charge in [0.1, 0.15) is 5.92 Å². The minimum absolute atomic E-state index is 0.212. The first kappa shape index (κ1) is 16.2. The topological polar surface area (TPSA) is 92.5 Å². The third-order valence-electron chi connectivity index (χ3n) is 5.10. The van der Waals surface area contributed by atoms with Crippen LogP contribution in [0, 0.1) is 27.4 Å². The highest BCUT2D eigenvalue weighted by Gasteiger charge is 2.53. The zero-order chi connectivity index (χ0) is 15.8. The van der Waals surface area contributed by atoms with Crippen molar-refractivity contribution in [2.45, 2.75) is 64.5 Å². The molecule has 0 heterocycles. The second-order valence-electron chi connectivity index (χ2n) is 7.78. The van der Waals surface area contributed by atoms with Gasteiger partial charge in [0.15, 0.2) is 0 Å². The van der Waals surface area contributed by atoms with Crippen LogP contribution in [0.1, 0.15) is 52.9 Å². The number of nitrogens with one attached hydrogen (secondary N) is 1. The lowest BCUT2D eigenvalue weighted by Crippen LogP contribution is -2.47. The van der Waals surface area contributed by atoms with E-state index in [1.54, 1.807) is 0 Å². The highest BCUT2D eigenvalue weighted by atomic mass is 16.6. The second-order valence-corrected chi connectivity index (χ2v) is 7.78. The summed E-state index contributed by atoms with van der Waals surface area (Å²) in [4.78, 5) is 22.0. The van der Waals surface area contributed by atoms with Crippen molar-refractivity contribution < 1.29 is 14.8 Å². The van der Waals surface area contributed by atoms with Crippen LogP contribution in [0.25, 0.3) is 0 Å². The molecule has 2 atom stereocenters. The lowest BCUT2D eigenvalue weighted by molar-refractivity contribution is -0.497. The van der Waals surface area contributed by atoms with Crippen LogP contribution in [-0.4, -0.2) is 34.1 Å². The molecule has 2 rings (SSSR count). The van der Waals surface area contributed by atoms with Crippen molar-refractivity contribution in [2.75, 3.05) is 6.54 Å². The fraction of sp³-hybridized carbons (Fsp3) is 0.933. The number of carbonyl (C=O) groups is 1. The van der Waals surface area contributed by atoms with E-state index in [0.717, 1.165) is 12.8 Å². The average Bonchev–Trinajstić information content (AvgIpc) is 3.16. The fourth-order valence-electron chi connectivity index (χ4n) is 3.28. The Morgan fingerprint density at radius 1 is 1.38 bits per heavy atom. The Morgan fingerprint density at radius 3 is 2.38 bits per heavy atom. The van der Waals surface area contributed by atoms with Gasteiger partial charge in [-0.15, -0.1) is 0 Å². The van der Waals surface area contributed by atoms with E-state index < -0.39 is 22.5 Å². The highest BCUT2D eigenvalue weighted by molar-refractivity contribution is 5.82. The van der Waals surface area contributed by atoms with Crippen molar-refractivity contribution in [1.29, 1.82) is 0 Å². The fourth-order valence-corrected chi connectivity index (χ4v) is 3.28. The molecule has 6 nitrogen and oxygen atoms in total. The molecule has 2 aliphatic rings.